The number of carbonyl (C=O) groups is 1. The maximum absolute atomic E-state index is 12.0. The summed E-state index contributed by atoms with van der Waals surface area (Å²) in [7, 11) is 0. The van der Waals surface area contributed by atoms with Crippen molar-refractivity contribution in [3.05, 3.63) is 0 Å². The molecule has 0 aromatic carbocycles. The summed E-state index contributed by atoms with van der Waals surface area (Å²) in [6.07, 6.45) is -3.50. The Morgan fingerprint density at radius 1 is 1.37 bits per heavy atom. The zero-order chi connectivity index (χ0) is 14.3. The molecular formula is C12H19F3O4. The van der Waals surface area contributed by atoms with Crippen LogP contribution in [0.1, 0.15) is 32.6 Å². The molecule has 4 nitrogen and oxygen atoms in total. The average Bonchev–Trinajstić information content (AvgIpc) is 2.36. The van der Waals surface area contributed by atoms with E-state index in [0.717, 1.165) is 12.8 Å². The molecule has 1 aliphatic rings. The van der Waals surface area contributed by atoms with Crippen LogP contribution in [0.3, 0.4) is 0 Å². The minimum absolute atomic E-state index is 0.135. The van der Waals surface area contributed by atoms with Crippen LogP contribution in [-0.4, -0.2) is 38.3 Å². The number of halogens is 3. The Balaban J connectivity index is 2.45. The Labute approximate surface area is 110 Å². The number of esters is 1. The van der Waals surface area contributed by atoms with Gasteiger partial charge in [0.05, 0.1) is 6.61 Å². The van der Waals surface area contributed by atoms with Crippen molar-refractivity contribution in [1.29, 1.82) is 0 Å². The van der Waals surface area contributed by atoms with Crippen molar-refractivity contribution >= 4 is 5.97 Å². The normalized spacial score (nSPS) is 19.2. The van der Waals surface area contributed by atoms with Gasteiger partial charge < -0.3 is 9.47 Å². The van der Waals surface area contributed by atoms with Crippen LogP contribution in [-0.2, 0) is 19.0 Å². The highest BCUT2D eigenvalue weighted by molar-refractivity contribution is 5.69. The molecule has 0 saturated carbocycles. The second kappa shape index (κ2) is 7.69. The number of hydrogen-bond acceptors (Lipinski definition) is 4. The molecule has 112 valence electrons. The van der Waals surface area contributed by atoms with Gasteiger partial charge in [0, 0.05) is 19.6 Å². The van der Waals surface area contributed by atoms with E-state index in [2.05, 4.69) is 4.74 Å². The second-order valence-corrected chi connectivity index (χ2v) is 4.51. The van der Waals surface area contributed by atoms with E-state index >= 15 is 0 Å². The number of ether oxygens (including phenoxy) is 3. The van der Waals surface area contributed by atoms with Crippen LogP contribution in [0.25, 0.3) is 0 Å². The molecule has 0 aliphatic carbocycles. The molecule has 0 N–H and O–H groups in total. The van der Waals surface area contributed by atoms with Crippen molar-refractivity contribution in [2.75, 3.05) is 19.8 Å². The summed E-state index contributed by atoms with van der Waals surface area (Å²) < 4.78 is 50.0. The summed E-state index contributed by atoms with van der Waals surface area (Å²) in [6.45, 7) is 2.14. The highest BCUT2D eigenvalue weighted by atomic mass is 19.4. The molecule has 1 rings (SSSR count). The summed E-state index contributed by atoms with van der Waals surface area (Å²) in [5.41, 5.74) is 0. The van der Waals surface area contributed by atoms with Crippen LogP contribution in [0, 0.1) is 5.92 Å². The second-order valence-electron chi connectivity index (χ2n) is 4.51. The Hall–Kier alpha value is -0.820. The van der Waals surface area contributed by atoms with Gasteiger partial charge in [-0.1, -0.05) is 6.92 Å². The minimum atomic E-state index is -4.70. The Morgan fingerprint density at radius 2 is 2.00 bits per heavy atom. The van der Waals surface area contributed by atoms with Crippen molar-refractivity contribution in [3.63, 3.8) is 0 Å². The lowest BCUT2D eigenvalue weighted by atomic mass is 9.94. The maximum Gasteiger partial charge on any atom is 0.522 e. The molecule has 1 saturated heterocycles. The first-order valence-corrected chi connectivity index (χ1v) is 6.38. The molecule has 0 spiro atoms. The van der Waals surface area contributed by atoms with Crippen molar-refractivity contribution in [3.8, 4) is 0 Å². The van der Waals surface area contributed by atoms with Gasteiger partial charge in [-0.2, -0.15) is 0 Å². The number of hydrogen-bond donors (Lipinski definition) is 0. The zero-order valence-corrected chi connectivity index (χ0v) is 10.9. The van der Waals surface area contributed by atoms with E-state index < -0.39 is 25.0 Å². The molecular weight excluding hydrogens is 265 g/mol. The third kappa shape index (κ3) is 7.37. The molecule has 0 amide bonds. The van der Waals surface area contributed by atoms with E-state index in [4.69, 9.17) is 9.47 Å². The third-order valence-corrected chi connectivity index (χ3v) is 2.96. The molecule has 1 unspecified atom stereocenters. The Bertz CT molecular complexity index is 275. The molecule has 7 heteroatoms. The predicted octanol–water partition coefficient (Wildman–Crippen LogP) is 2.66. The summed E-state index contributed by atoms with van der Waals surface area (Å²) in [5, 5.41) is 0. The van der Waals surface area contributed by atoms with Crippen molar-refractivity contribution in [1.82, 2.24) is 0 Å². The van der Waals surface area contributed by atoms with Gasteiger partial charge >= 0.3 is 12.3 Å². The molecule has 19 heavy (non-hydrogen) atoms. The van der Waals surface area contributed by atoms with Crippen LogP contribution >= 0.6 is 0 Å². The van der Waals surface area contributed by atoms with Gasteiger partial charge in [-0.15, -0.1) is 13.2 Å². The van der Waals surface area contributed by atoms with E-state index in [0.29, 0.717) is 19.6 Å². The van der Waals surface area contributed by atoms with Gasteiger partial charge in [0.1, 0.15) is 6.10 Å². The fourth-order valence-electron chi connectivity index (χ4n) is 1.96. The lowest BCUT2D eigenvalue weighted by Crippen LogP contribution is -2.31. The summed E-state index contributed by atoms with van der Waals surface area (Å²) >= 11 is 0. The lowest BCUT2D eigenvalue weighted by molar-refractivity contribution is -0.331. The fraction of sp³-hybridized carbons (Fsp3) is 0.917. The molecule has 1 heterocycles. The lowest BCUT2D eigenvalue weighted by Gasteiger charge is -2.26. The van der Waals surface area contributed by atoms with Crippen LogP contribution < -0.4 is 0 Å². The average molecular weight is 284 g/mol. The SMILES string of the molecule is CCC(=O)OC(COC(F)(F)F)CC1CCOCC1. The maximum atomic E-state index is 12.0. The summed E-state index contributed by atoms with van der Waals surface area (Å²) in [4.78, 5) is 11.2. The van der Waals surface area contributed by atoms with Gasteiger partial charge in [0.2, 0.25) is 0 Å². The number of carbonyl (C=O) groups excluding carboxylic acids is 1. The van der Waals surface area contributed by atoms with Gasteiger partial charge in [0.25, 0.3) is 0 Å². The highest BCUT2D eigenvalue weighted by Gasteiger charge is 2.32. The van der Waals surface area contributed by atoms with E-state index in [-0.39, 0.29) is 12.3 Å². The van der Waals surface area contributed by atoms with Crippen LogP contribution in [0.15, 0.2) is 0 Å². The Kier molecular flexibility index (Phi) is 6.57. The fourth-order valence-corrected chi connectivity index (χ4v) is 1.96. The molecule has 0 bridgehead atoms. The molecule has 0 radical (unpaired) electrons. The van der Waals surface area contributed by atoms with Gasteiger partial charge in [-0.05, 0) is 25.2 Å². The zero-order valence-electron chi connectivity index (χ0n) is 10.9. The minimum Gasteiger partial charge on any atom is -0.460 e. The first-order chi connectivity index (χ1) is 8.90. The molecule has 1 atom stereocenters. The quantitative estimate of drug-likeness (QED) is 0.703. The topological polar surface area (TPSA) is 44.8 Å². The first kappa shape index (κ1) is 16.2. The van der Waals surface area contributed by atoms with Crippen molar-refractivity contribution in [2.24, 2.45) is 5.92 Å². The van der Waals surface area contributed by atoms with Crippen LogP contribution in [0.2, 0.25) is 0 Å². The van der Waals surface area contributed by atoms with Gasteiger partial charge in [-0.25, -0.2) is 0 Å². The molecule has 0 aromatic rings. The van der Waals surface area contributed by atoms with Crippen molar-refractivity contribution in [2.45, 2.75) is 45.1 Å². The van der Waals surface area contributed by atoms with Crippen LogP contribution in [0.5, 0.6) is 0 Å². The van der Waals surface area contributed by atoms with Gasteiger partial charge in [0.15, 0.2) is 0 Å². The monoisotopic (exact) mass is 284 g/mol. The highest BCUT2D eigenvalue weighted by Crippen LogP contribution is 2.24. The van der Waals surface area contributed by atoms with E-state index in [9.17, 15) is 18.0 Å². The van der Waals surface area contributed by atoms with Gasteiger partial charge in [-0.3, -0.25) is 9.53 Å². The third-order valence-electron chi connectivity index (χ3n) is 2.96. The van der Waals surface area contributed by atoms with Crippen LogP contribution in [0.4, 0.5) is 13.2 Å². The Morgan fingerprint density at radius 3 is 2.53 bits per heavy atom. The molecule has 0 aromatic heterocycles. The van der Waals surface area contributed by atoms with E-state index in [1.807, 2.05) is 0 Å². The van der Waals surface area contributed by atoms with E-state index in [1.165, 1.54) is 0 Å². The first-order valence-electron chi connectivity index (χ1n) is 6.38. The smallest absolute Gasteiger partial charge is 0.460 e. The standard InChI is InChI=1S/C12H19F3O4/c1-2-11(16)19-10(8-18-12(13,14)15)7-9-3-5-17-6-4-9/h9-10H,2-8H2,1H3. The number of alkyl halides is 3. The summed E-state index contributed by atoms with van der Waals surface area (Å²) in [6, 6.07) is 0. The molecule has 1 aliphatic heterocycles. The largest absolute Gasteiger partial charge is 0.522 e. The van der Waals surface area contributed by atoms with Crippen molar-refractivity contribution < 1.29 is 32.2 Å². The number of rotatable bonds is 6. The predicted molar refractivity (Wildman–Crippen MR) is 60.3 cm³/mol. The van der Waals surface area contributed by atoms with E-state index in [1.54, 1.807) is 6.92 Å². The summed E-state index contributed by atoms with van der Waals surface area (Å²) in [5.74, 6) is -0.303. The molecule has 1 fully saturated rings.